The van der Waals surface area contributed by atoms with Crippen molar-refractivity contribution in [3.8, 4) is 0 Å². The van der Waals surface area contributed by atoms with Crippen LogP contribution in [0.15, 0.2) is 55.3 Å². The topological polar surface area (TPSA) is 35.2 Å². The van der Waals surface area contributed by atoms with Crippen molar-refractivity contribution in [3.05, 3.63) is 60.9 Å². The molecular formula is C11H13NO. The Hall–Kier alpha value is -1.54. The van der Waals surface area contributed by atoms with Crippen LogP contribution >= 0.6 is 0 Å². The number of nitrogens with two attached hydrogens (primary N) is 1. The van der Waals surface area contributed by atoms with Crippen LogP contribution in [0.25, 0.3) is 0 Å². The monoisotopic (exact) mass is 175 g/mol. The van der Waals surface area contributed by atoms with Gasteiger partial charge in [-0.05, 0) is 6.08 Å². The molecule has 0 saturated carbocycles. The smallest absolute Gasteiger partial charge is 0.173 e. The molecule has 0 heterocycles. The lowest BCUT2D eigenvalue weighted by atomic mass is 10.2. The third kappa shape index (κ3) is 2.76. The number of allylic oxidation sites excluding steroid dienone is 1. The van der Waals surface area contributed by atoms with Gasteiger partial charge in [0.2, 0.25) is 0 Å². The van der Waals surface area contributed by atoms with Crippen LogP contribution in [0.2, 0.25) is 0 Å². The highest BCUT2D eigenvalue weighted by Crippen LogP contribution is 2.13. The Balaban J connectivity index is 2.63. The lowest BCUT2D eigenvalue weighted by Gasteiger charge is -2.14. The van der Waals surface area contributed by atoms with Gasteiger partial charge < -0.3 is 4.74 Å². The summed E-state index contributed by atoms with van der Waals surface area (Å²) in [5, 5.41) is 0. The predicted molar refractivity (Wildman–Crippen MR) is 53.8 cm³/mol. The number of hydrogen-bond donors (Lipinski definition) is 1. The maximum absolute atomic E-state index is 5.74. The summed E-state index contributed by atoms with van der Waals surface area (Å²) in [4.78, 5) is 0. The maximum atomic E-state index is 5.74. The summed E-state index contributed by atoms with van der Waals surface area (Å²) >= 11 is 0. The molecule has 0 radical (unpaired) electrons. The van der Waals surface area contributed by atoms with Crippen LogP contribution in [0, 0.1) is 0 Å². The zero-order valence-corrected chi connectivity index (χ0v) is 7.44. The highest BCUT2D eigenvalue weighted by molar-refractivity contribution is 5.17. The molecule has 0 unspecified atom stereocenters. The van der Waals surface area contributed by atoms with Crippen molar-refractivity contribution in [2.75, 3.05) is 0 Å². The summed E-state index contributed by atoms with van der Waals surface area (Å²) in [5.74, 6) is 0.483. The van der Waals surface area contributed by atoms with Gasteiger partial charge in [0.15, 0.2) is 6.23 Å². The van der Waals surface area contributed by atoms with E-state index >= 15 is 0 Å². The summed E-state index contributed by atoms with van der Waals surface area (Å²) < 4.78 is 5.25. The molecule has 2 nitrogen and oxygen atoms in total. The van der Waals surface area contributed by atoms with Gasteiger partial charge in [0.05, 0.1) is 0 Å². The summed E-state index contributed by atoms with van der Waals surface area (Å²) in [6, 6.07) is 9.56. The van der Waals surface area contributed by atoms with Gasteiger partial charge >= 0.3 is 0 Å². The van der Waals surface area contributed by atoms with Crippen molar-refractivity contribution in [2.24, 2.45) is 5.73 Å². The Bertz CT molecular complexity index is 292. The first-order valence-electron chi connectivity index (χ1n) is 4.02. The van der Waals surface area contributed by atoms with E-state index in [2.05, 4.69) is 13.2 Å². The van der Waals surface area contributed by atoms with Crippen LogP contribution in [0.3, 0.4) is 0 Å². The Morgan fingerprint density at radius 3 is 2.54 bits per heavy atom. The molecule has 2 heteroatoms. The normalized spacial score (nSPS) is 11.8. The van der Waals surface area contributed by atoms with E-state index in [1.165, 1.54) is 6.08 Å². The van der Waals surface area contributed by atoms with Crippen molar-refractivity contribution in [1.29, 1.82) is 0 Å². The van der Waals surface area contributed by atoms with Crippen molar-refractivity contribution >= 4 is 0 Å². The second-order valence-corrected chi connectivity index (χ2v) is 2.62. The standard InChI is InChI=1S/C11H13NO/c1-3-9(2)13-11(12)10-7-5-4-6-8-10/h3-8,11H,1-2,12H2/t11-/m0/s1. The van der Waals surface area contributed by atoms with E-state index in [-0.39, 0.29) is 0 Å². The van der Waals surface area contributed by atoms with Gasteiger partial charge in [-0.15, -0.1) is 0 Å². The van der Waals surface area contributed by atoms with E-state index in [1.807, 2.05) is 30.3 Å². The Labute approximate surface area is 78.3 Å². The van der Waals surface area contributed by atoms with Gasteiger partial charge in [0.25, 0.3) is 0 Å². The summed E-state index contributed by atoms with van der Waals surface area (Å²) in [6.45, 7) is 7.15. The Morgan fingerprint density at radius 1 is 1.38 bits per heavy atom. The molecule has 0 amide bonds. The van der Waals surface area contributed by atoms with Crippen LogP contribution < -0.4 is 5.73 Å². The maximum Gasteiger partial charge on any atom is 0.173 e. The first-order valence-corrected chi connectivity index (χ1v) is 4.02. The van der Waals surface area contributed by atoms with Crippen molar-refractivity contribution < 1.29 is 4.74 Å². The minimum Gasteiger partial charge on any atom is -0.472 e. The molecular weight excluding hydrogens is 162 g/mol. The van der Waals surface area contributed by atoms with Crippen LogP contribution in [0.1, 0.15) is 11.8 Å². The number of hydrogen-bond acceptors (Lipinski definition) is 2. The molecule has 68 valence electrons. The van der Waals surface area contributed by atoms with E-state index in [0.717, 1.165) is 5.56 Å². The number of ether oxygens (including phenoxy) is 1. The molecule has 1 atom stereocenters. The zero-order valence-electron chi connectivity index (χ0n) is 7.44. The molecule has 0 fully saturated rings. The van der Waals surface area contributed by atoms with E-state index in [1.54, 1.807) is 0 Å². The van der Waals surface area contributed by atoms with Crippen molar-refractivity contribution in [3.63, 3.8) is 0 Å². The van der Waals surface area contributed by atoms with Crippen LogP contribution in [0.4, 0.5) is 0 Å². The van der Waals surface area contributed by atoms with E-state index in [4.69, 9.17) is 10.5 Å². The lowest BCUT2D eigenvalue weighted by molar-refractivity contribution is 0.133. The number of benzene rings is 1. The third-order valence-corrected chi connectivity index (χ3v) is 1.63. The quantitative estimate of drug-likeness (QED) is 0.433. The van der Waals surface area contributed by atoms with Crippen LogP contribution in [-0.2, 0) is 4.74 Å². The summed E-state index contributed by atoms with van der Waals surface area (Å²) in [6.07, 6.45) is 1.06. The fourth-order valence-electron chi connectivity index (χ4n) is 0.922. The fraction of sp³-hybridized carbons (Fsp3) is 0.0909. The largest absolute Gasteiger partial charge is 0.472 e. The molecule has 0 bridgehead atoms. The molecule has 2 N–H and O–H groups in total. The van der Waals surface area contributed by atoms with E-state index in [0.29, 0.717) is 5.76 Å². The number of rotatable bonds is 4. The Kier molecular flexibility index (Phi) is 3.29. The molecule has 0 spiro atoms. The minimum atomic E-state index is -0.466. The van der Waals surface area contributed by atoms with Crippen molar-refractivity contribution in [1.82, 2.24) is 0 Å². The first kappa shape index (κ1) is 9.55. The van der Waals surface area contributed by atoms with E-state index < -0.39 is 6.23 Å². The van der Waals surface area contributed by atoms with Gasteiger partial charge in [0.1, 0.15) is 5.76 Å². The summed E-state index contributed by atoms with van der Waals surface area (Å²) in [7, 11) is 0. The molecule has 1 aromatic carbocycles. The molecule has 0 aliphatic rings. The second-order valence-electron chi connectivity index (χ2n) is 2.62. The molecule has 13 heavy (non-hydrogen) atoms. The Morgan fingerprint density at radius 2 is 2.00 bits per heavy atom. The molecule has 0 aromatic heterocycles. The second kappa shape index (κ2) is 4.48. The van der Waals surface area contributed by atoms with E-state index in [9.17, 15) is 0 Å². The average Bonchev–Trinajstić information content (AvgIpc) is 2.19. The zero-order chi connectivity index (χ0) is 9.68. The van der Waals surface area contributed by atoms with Gasteiger partial charge in [-0.25, -0.2) is 0 Å². The van der Waals surface area contributed by atoms with Gasteiger partial charge in [0, 0.05) is 5.56 Å². The van der Waals surface area contributed by atoms with Gasteiger partial charge in [-0.3, -0.25) is 5.73 Å². The van der Waals surface area contributed by atoms with Gasteiger partial charge in [-0.2, -0.15) is 0 Å². The summed E-state index contributed by atoms with van der Waals surface area (Å²) in [5.41, 5.74) is 6.66. The van der Waals surface area contributed by atoms with Gasteiger partial charge in [-0.1, -0.05) is 43.5 Å². The lowest BCUT2D eigenvalue weighted by Crippen LogP contribution is -2.13. The highest BCUT2D eigenvalue weighted by atomic mass is 16.5. The highest BCUT2D eigenvalue weighted by Gasteiger charge is 2.04. The van der Waals surface area contributed by atoms with Crippen molar-refractivity contribution in [2.45, 2.75) is 6.23 Å². The van der Waals surface area contributed by atoms with Crippen LogP contribution in [0.5, 0.6) is 0 Å². The molecule has 0 aliphatic carbocycles. The molecule has 1 aromatic rings. The predicted octanol–water partition coefficient (Wildman–Crippen LogP) is 2.36. The molecule has 0 aliphatic heterocycles. The first-order chi connectivity index (χ1) is 6.24. The third-order valence-electron chi connectivity index (χ3n) is 1.63. The molecule has 1 rings (SSSR count). The van der Waals surface area contributed by atoms with Crippen LogP contribution in [-0.4, -0.2) is 0 Å². The minimum absolute atomic E-state index is 0.466. The SMILES string of the molecule is C=CC(=C)O[C@H](N)c1ccccc1. The molecule has 0 saturated heterocycles. The fourth-order valence-corrected chi connectivity index (χ4v) is 0.922. The average molecular weight is 175 g/mol.